The SMILES string of the molecule is COc1ccc([C@H]2C(C(=O)OC(C)C)=C(C)N=c3s/c(=C/c4ccc(N5CCCC5)cc4C)c(=O)n32)cc1. The topological polar surface area (TPSA) is 73.1 Å². The highest BCUT2D eigenvalue weighted by Gasteiger charge is 2.33. The first-order chi connectivity index (χ1) is 18.3. The summed E-state index contributed by atoms with van der Waals surface area (Å²) < 4.78 is 13.1. The summed E-state index contributed by atoms with van der Waals surface area (Å²) in [6.07, 6.45) is 4.09. The van der Waals surface area contributed by atoms with E-state index in [1.54, 1.807) is 18.6 Å². The van der Waals surface area contributed by atoms with Crippen molar-refractivity contribution in [2.24, 2.45) is 4.99 Å². The van der Waals surface area contributed by atoms with E-state index in [0.29, 0.717) is 26.4 Å². The Labute approximate surface area is 226 Å². The first kappa shape index (κ1) is 26.0. The molecule has 3 heterocycles. The van der Waals surface area contributed by atoms with Gasteiger partial charge >= 0.3 is 5.97 Å². The van der Waals surface area contributed by atoms with E-state index in [2.05, 4.69) is 35.0 Å². The van der Waals surface area contributed by atoms with Gasteiger partial charge in [0.25, 0.3) is 5.56 Å². The van der Waals surface area contributed by atoms with E-state index in [-0.39, 0.29) is 11.7 Å². The summed E-state index contributed by atoms with van der Waals surface area (Å²) >= 11 is 1.34. The molecule has 0 aliphatic carbocycles. The number of thiazole rings is 1. The number of rotatable bonds is 6. The lowest BCUT2D eigenvalue weighted by molar-refractivity contribution is -0.143. The molecule has 1 fully saturated rings. The maximum atomic E-state index is 13.9. The average molecular weight is 532 g/mol. The number of benzene rings is 2. The van der Waals surface area contributed by atoms with Crippen molar-refractivity contribution < 1.29 is 14.3 Å². The highest BCUT2D eigenvalue weighted by molar-refractivity contribution is 7.07. The second-order valence-electron chi connectivity index (χ2n) is 10.0. The third kappa shape index (κ3) is 4.92. The third-order valence-electron chi connectivity index (χ3n) is 7.03. The van der Waals surface area contributed by atoms with Crippen molar-refractivity contribution >= 4 is 29.1 Å². The van der Waals surface area contributed by atoms with Gasteiger partial charge in [0.1, 0.15) is 5.75 Å². The molecular weight excluding hydrogens is 498 g/mol. The van der Waals surface area contributed by atoms with Crippen molar-refractivity contribution in [3.8, 4) is 5.75 Å². The number of hydrogen-bond acceptors (Lipinski definition) is 7. The average Bonchev–Trinajstić information content (AvgIpc) is 3.53. The van der Waals surface area contributed by atoms with Crippen molar-refractivity contribution in [2.75, 3.05) is 25.1 Å². The molecule has 1 saturated heterocycles. The second kappa shape index (κ2) is 10.6. The lowest BCUT2D eigenvalue weighted by Crippen LogP contribution is -2.40. The minimum Gasteiger partial charge on any atom is -0.497 e. The van der Waals surface area contributed by atoms with E-state index in [1.165, 1.54) is 29.9 Å². The molecule has 0 spiro atoms. The monoisotopic (exact) mass is 531 g/mol. The van der Waals surface area contributed by atoms with Crippen molar-refractivity contribution in [1.29, 1.82) is 0 Å². The van der Waals surface area contributed by atoms with Crippen LogP contribution in [0.15, 0.2) is 63.5 Å². The molecule has 1 atom stereocenters. The normalized spacial score (nSPS) is 17.6. The second-order valence-corrected chi connectivity index (χ2v) is 11.1. The fourth-order valence-corrected chi connectivity index (χ4v) is 6.13. The van der Waals surface area contributed by atoms with Gasteiger partial charge < -0.3 is 14.4 Å². The summed E-state index contributed by atoms with van der Waals surface area (Å²) in [5.41, 5.74) is 4.86. The van der Waals surface area contributed by atoms with Crippen LogP contribution in [0.3, 0.4) is 0 Å². The van der Waals surface area contributed by atoms with E-state index in [0.717, 1.165) is 29.8 Å². The Morgan fingerprint density at radius 1 is 1.11 bits per heavy atom. The number of nitrogens with zero attached hydrogens (tertiary/aromatic N) is 3. The Morgan fingerprint density at radius 3 is 2.45 bits per heavy atom. The highest BCUT2D eigenvalue weighted by atomic mass is 32.1. The van der Waals surface area contributed by atoms with Gasteiger partial charge in [-0.2, -0.15) is 0 Å². The van der Waals surface area contributed by atoms with Crippen LogP contribution in [0.2, 0.25) is 0 Å². The van der Waals surface area contributed by atoms with Gasteiger partial charge in [-0.25, -0.2) is 9.79 Å². The van der Waals surface area contributed by atoms with Crippen LogP contribution in [-0.4, -0.2) is 36.8 Å². The Morgan fingerprint density at radius 2 is 1.82 bits per heavy atom. The van der Waals surface area contributed by atoms with E-state index in [1.807, 2.05) is 44.2 Å². The molecule has 0 N–H and O–H groups in total. The standard InChI is InChI=1S/C30H33N3O4S/c1-18(2)37-29(35)26-20(4)31-30-33(27(26)21-9-12-24(36-5)13-10-21)28(34)25(38-30)17-22-8-11-23(16-19(22)3)32-14-6-7-15-32/h8-13,16-18,27H,6-7,14-15H2,1-5H3/b25-17+/t27-/m0/s1. The lowest BCUT2D eigenvalue weighted by atomic mass is 9.96. The highest BCUT2D eigenvalue weighted by Crippen LogP contribution is 2.32. The summed E-state index contributed by atoms with van der Waals surface area (Å²) in [5.74, 6) is 0.228. The van der Waals surface area contributed by atoms with Gasteiger partial charge in [-0.3, -0.25) is 9.36 Å². The van der Waals surface area contributed by atoms with Crippen LogP contribution in [0.5, 0.6) is 5.75 Å². The smallest absolute Gasteiger partial charge is 0.338 e. The number of carbonyl (C=O) groups excluding carboxylic acids is 1. The first-order valence-electron chi connectivity index (χ1n) is 13.0. The van der Waals surface area contributed by atoms with Crippen LogP contribution in [0.1, 0.15) is 56.3 Å². The summed E-state index contributed by atoms with van der Waals surface area (Å²) in [6.45, 7) is 9.66. The Bertz CT molecular complexity index is 1570. The molecule has 1 aromatic heterocycles. The van der Waals surface area contributed by atoms with E-state index < -0.39 is 12.0 Å². The number of aromatic nitrogens is 1. The number of fused-ring (bicyclic) bond motifs is 1. The molecule has 7 nitrogen and oxygen atoms in total. The maximum absolute atomic E-state index is 13.9. The molecule has 5 rings (SSSR count). The van der Waals surface area contributed by atoms with Gasteiger partial charge in [0.15, 0.2) is 4.80 Å². The fourth-order valence-electron chi connectivity index (χ4n) is 5.10. The molecule has 0 unspecified atom stereocenters. The lowest BCUT2D eigenvalue weighted by Gasteiger charge is -2.25. The molecule has 2 aliphatic rings. The van der Waals surface area contributed by atoms with Gasteiger partial charge in [0.2, 0.25) is 0 Å². The van der Waals surface area contributed by atoms with E-state index in [9.17, 15) is 9.59 Å². The number of carbonyl (C=O) groups is 1. The van der Waals surface area contributed by atoms with Crippen LogP contribution in [0.25, 0.3) is 6.08 Å². The Kier molecular flexibility index (Phi) is 7.25. The number of anilines is 1. The Hall–Kier alpha value is -3.65. The minimum absolute atomic E-state index is 0.181. The molecule has 0 bridgehead atoms. The van der Waals surface area contributed by atoms with E-state index in [4.69, 9.17) is 9.47 Å². The number of esters is 1. The largest absolute Gasteiger partial charge is 0.497 e. The molecule has 0 amide bonds. The molecule has 0 saturated carbocycles. The summed E-state index contributed by atoms with van der Waals surface area (Å²) in [4.78, 5) is 34.8. The number of ether oxygens (including phenoxy) is 2. The van der Waals surface area contributed by atoms with Crippen molar-refractivity contribution in [1.82, 2.24) is 4.57 Å². The first-order valence-corrected chi connectivity index (χ1v) is 13.8. The van der Waals surface area contributed by atoms with Crippen LogP contribution in [0, 0.1) is 6.92 Å². The van der Waals surface area contributed by atoms with Gasteiger partial charge in [0, 0.05) is 18.8 Å². The van der Waals surface area contributed by atoms with Crippen LogP contribution >= 0.6 is 11.3 Å². The van der Waals surface area contributed by atoms with Crippen LogP contribution in [-0.2, 0) is 9.53 Å². The zero-order valence-corrected chi connectivity index (χ0v) is 23.3. The summed E-state index contributed by atoms with van der Waals surface area (Å²) in [6, 6.07) is 13.2. The number of aryl methyl sites for hydroxylation is 1. The quantitative estimate of drug-likeness (QED) is 0.448. The molecule has 8 heteroatoms. The zero-order chi connectivity index (χ0) is 27.0. The van der Waals surface area contributed by atoms with E-state index >= 15 is 0 Å². The summed E-state index contributed by atoms with van der Waals surface area (Å²) in [7, 11) is 1.60. The molecule has 2 aromatic carbocycles. The van der Waals surface area contributed by atoms with Gasteiger partial charge in [0.05, 0.1) is 35.1 Å². The number of methoxy groups -OCH3 is 1. The van der Waals surface area contributed by atoms with Crippen molar-refractivity contribution in [3.05, 3.63) is 90.1 Å². The third-order valence-corrected chi connectivity index (χ3v) is 8.01. The molecule has 38 heavy (non-hydrogen) atoms. The molecule has 2 aliphatic heterocycles. The van der Waals surface area contributed by atoms with Crippen LogP contribution < -0.4 is 24.5 Å². The van der Waals surface area contributed by atoms with Crippen molar-refractivity contribution in [2.45, 2.75) is 52.7 Å². The molecule has 198 valence electrons. The predicted molar refractivity (Wildman–Crippen MR) is 151 cm³/mol. The number of allylic oxidation sites excluding steroid dienone is 1. The summed E-state index contributed by atoms with van der Waals surface area (Å²) in [5, 5.41) is 0. The van der Waals surface area contributed by atoms with Crippen LogP contribution in [0.4, 0.5) is 5.69 Å². The van der Waals surface area contributed by atoms with Crippen molar-refractivity contribution in [3.63, 3.8) is 0 Å². The van der Waals surface area contributed by atoms with Gasteiger partial charge in [-0.15, -0.1) is 0 Å². The minimum atomic E-state index is -0.649. The zero-order valence-electron chi connectivity index (χ0n) is 22.5. The molecule has 0 radical (unpaired) electrons. The fraction of sp³-hybridized carbons (Fsp3) is 0.367. The van der Waals surface area contributed by atoms with Gasteiger partial charge in [-0.05, 0) is 87.6 Å². The number of hydrogen-bond donors (Lipinski definition) is 0. The predicted octanol–water partition coefficient (Wildman–Crippen LogP) is 4.10. The maximum Gasteiger partial charge on any atom is 0.338 e. The molecular formula is C30H33N3O4S. The van der Waals surface area contributed by atoms with Gasteiger partial charge in [-0.1, -0.05) is 29.5 Å². The molecule has 3 aromatic rings. The Balaban J connectivity index is 1.63.